The predicted octanol–water partition coefficient (Wildman–Crippen LogP) is 2.46. The van der Waals surface area contributed by atoms with E-state index in [4.69, 9.17) is 5.73 Å². The fourth-order valence-corrected chi connectivity index (χ4v) is 2.47. The summed E-state index contributed by atoms with van der Waals surface area (Å²) in [6.07, 6.45) is -1.11. The van der Waals surface area contributed by atoms with Crippen molar-refractivity contribution in [2.75, 3.05) is 0 Å². The highest BCUT2D eigenvalue weighted by Crippen LogP contribution is 2.57. The zero-order valence-electron chi connectivity index (χ0n) is 7.40. The first-order valence-electron chi connectivity index (χ1n) is 4.76. The van der Waals surface area contributed by atoms with E-state index < -0.39 is 12.1 Å². The lowest BCUT2D eigenvalue weighted by atomic mass is 9.79. The van der Waals surface area contributed by atoms with Crippen LogP contribution in [0.15, 0.2) is 0 Å². The zero-order valence-corrected chi connectivity index (χ0v) is 7.40. The molecule has 0 aromatic carbocycles. The second kappa shape index (κ2) is 2.62. The van der Waals surface area contributed by atoms with Crippen LogP contribution >= 0.6 is 0 Å². The molecule has 1 spiro atoms. The molecule has 2 fully saturated rings. The topological polar surface area (TPSA) is 26.0 Å². The Labute approximate surface area is 75.5 Å². The molecule has 76 valence electrons. The quantitative estimate of drug-likeness (QED) is 0.628. The van der Waals surface area contributed by atoms with Crippen molar-refractivity contribution in [2.45, 2.75) is 44.3 Å². The number of alkyl halides is 3. The second-order valence-corrected chi connectivity index (χ2v) is 4.49. The normalized spacial score (nSPS) is 45.2. The number of hydrogen-bond donors (Lipinski definition) is 1. The Morgan fingerprint density at radius 3 is 1.92 bits per heavy atom. The fourth-order valence-electron chi connectivity index (χ4n) is 2.47. The molecule has 0 heterocycles. The zero-order chi connectivity index (χ0) is 9.69. The van der Waals surface area contributed by atoms with Gasteiger partial charge >= 0.3 is 6.18 Å². The molecule has 0 bridgehead atoms. The molecule has 0 radical (unpaired) electrons. The third-order valence-electron chi connectivity index (χ3n) is 3.70. The molecular weight excluding hydrogens is 179 g/mol. The van der Waals surface area contributed by atoms with Gasteiger partial charge in [-0.15, -0.1) is 0 Å². The highest BCUT2D eigenvalue weighted by atomic mass is 19.4. The van der Waals surface area contributed by atoms with E-state index >= 15 is 0 Å². The second-order valence-electron chi connectivity index (χ2n) is 4.49. The Kier molecular flexibility index (Phi) is 1.88. The van der Waals surface area contributed by atoms with E-state index in [1.165, 1.54) is 0 Å². The third kappa shape index (κ3) is 1.56. The molecule has 0 aromatic heterocycles. The molecule has 0 aromatic rings. The van der Waals surface area contributed by atoms with Crippen molar-refractivity contribution in [3.8, 4) is 0 Å². The van der Waals surface area contributed by atoms with Crippen LogP contribution in [0.2, 0.25) is 0 Å². The lowest BCUT2D eigenvalue weighted by Gasteiger charge is -2.30. The van der Waals surface area contributed by atoms with Gasteiger partial charge in [0.15, 0.2) is 0 Å². The predicted molar refractivity (Wildman–Crippen MR) is 43.0 cm³/mol. The third-order valence-corrected chi connectivity index (χ3v) is 3.70. The van der Waals surface area contributed by atoms with Gasteiger partial charge in [0.2, 0.25) is 0 Å². The molecular formula is C9H14F3N. The van der Waals surface area contributed by atoms with E-state index in [2.05, 4.69) is 0 Å². The fraction of sp³-hybridized carbons (Fsp3) is 1.00. The molecule has 2 aliphatic rings. The summed E-state index contributed by atoms with van der Waals surface area (Å²) in [5.74, 6) is -1.06. The monoisotopic (exact) mass is 193 g/mol. The minimum atomic E-state index is -3.99. The first-order chi connectivity index (χ1) is 5.94. The van der Waals surface area contributed by atoms with Crippen molar-refractivity contribution in [1.29, 1.82) is 0 Å². The molecule has 0 aliphatic heterocycles. The van der Waals surface area contributed by atoms with Crippen molar-refractivity contribution in [2.24, 2.45) is 17.1 Å². The van der Waals surface area contributed by atoms with Crippen LogP contribution in [-0.4, -0.2) is 12.2 Å². The lowest BCUT2D eigenvalue weighted by Crippen LogP contribution is -2.30. The van der Waals surface area contributed by atoms with Crippen LogP contribution in [0.25, 0.3) is 0 Å². The first kappa shape index (κ1) is 9.31. The number of rotatable bonds is 0. The minimum Gasteiger partial charge on any atom is -0.327 e. The van der Waals surface area contributed by atoms with Gasteiger partial charge in [-0.1, -0.05) is 0 Å². The molecule has 2 N–H and O–H groups in total. The molecule has 4 heteroatoms. The van der Waals surface area contributed by atoms with Gasteiger partial charge in [-0.3, -0.25) is 0 Å². The van der Waals surface area contributed by atoms with Crippen molar-refractivity contribution >= 4 is 0 Å². The van der Waals surface area contributed by atoms with Gasteiger partial charge in [0.25, 0.3) is 0 Å². The van der Waals surface area contributed by atoms with Gasteiger partial charge in [0.1, 0.15) is 0 Å². The van der Waals surface area contributed by atoms with Crippen LogP contribution < -0.4 is 5.73 Å². The summed E-state index contributed by atoms with van der Waals surface area (Å²) in [5.41, 5.74) is 5.82. The van der Waals surface area contributed by atoms with E-state index in [-0.39, 0.29) is 24.3 Å². The number of nitrogens with two attached hydrogens (primary N) is 1. The first-order valence-corrected chi connectivity index (χ1v) is 4.76. The molecule has 1 unspecified atom stereocenters. The van der Waals surface area contributed by atoms with Crippen LogP contribution in [0.1, 0.15) is 32.1 Å². The molecule has 2 rings (SSSR count). The van der Waals surface area contributed by atoms with Crippen LogP contribution in [0, 0.1) is 11.3 Å². The van der Waals surface area contributed by atoms with Gasteiger partial charge in [0.05, 0.1) is 5.92 Å². The maximum Gasteiger partial charge on any atom is 0.391 e. The van der Waals surface area contributed by atoms with Crippen molar-refractivity contribution in [3.05, 3.63) is 0 Å². The SMILES string of the molecule is NC1CC12CCC(C(F)(F)F)CC2. The summed E-state index contributed by atoms with van der Waals surface area (Å²) in [5, 5.41) is 0. The van der Waals surface area contributed by atoms with Gasteiger partial charge in [-0.05, 0) is 37.5 Å². The van der Waals surface area contributed by atoms with Crippen LogP contribution in [0.5, 0.6) is 0 Å². The minimum absolute atomic E-state index is 0.113. The van der Waals surface area contributed by atoms with Crippen LogP contribution in [-0.2, 0) is 0 Å². The highest BCUT2D eigenvalue weighted by molar-refractivity contribution is 5.08. The van der Waals surface area contributed by atoms with Gasteiger partial charge in [-0.2, -0.15) is 13.2 Å². The van der Waals surface area contributed by atoms with Gasteiger partial charge < -0.3 is 5.73 Å². The lowest BCUT2D eigenvalue weighted by molar-refractivity contribution is -0.184. The molecule has 1 atom stereocenters. The molecule has 2 saturated carbocycles. The Balaban J connectivity index is 1.90. The van der Waals surface area contributed by atoms with Gasteiger partial charge in [-0.25, -0.2) is 0 Å². The van der Waals surface area contributed by atoms with Gasteiger partial charge in [0, 0.05) is 6.04 Å². The molecule has 1 nitrogen and oxygen atoms in total. The van der Waals surface area contributed by atoms with E-state index in [1.54, 1.807) is 0 Å². The summed E-state index contributed by atoms with van der Waals surface area (Å²) < 4.78 is 36.8. The molecule has 0 saturated heterocycles. The maximum atomic E-state index is 12.3. The van der Waals surface area contributed by atoms with Crippen molar-refractivity contribution < 1.29 is 13.2 Å². The highest BCUT2D eigenvalue weighted by Gasteiger charge is 2.55. The standard InChI is InChI=1S/C9H14F3N/c10-9(11,12)6-1-3-8(4-2-6)5-7(8)13/h6-7H,1-5,13H2. The number of halogens is 3. The molecule has 2 aliphatic carbocycles. The Morgan fingerprint density at radius 1 is 1.15 bits per heavy atom. The largest absolute Gasteiger partial charge is 0.391 e. The van der Waals surface area contributed by atoms with Crippen LogP contribution in [0.4, 0.5) is 13.2 Å². The van der Waals surface area contributed by atoms with E-state index in [9.17, 15) is 13.2 Å². The summed E-state index contributed by atoms with van der Waals surface area (Å²) in [4.78, 5) is 0. The molecule has 0 amide bonds. The smallest absolute Gasteiger partial charge is 0.327 e. The Morgan fingerprint density at radius 2 is 1.62 bits per heavy atom. The van der Waals surface area contributed by atoms with Crippen molar-refractivity contribution in [1.82, 2.24) is 0 Å². The summed E-state index contributed by atoms with van der Waals surface area (Å²) in [6, 6.07) is 0.182. The van der Waals surface area contributed by atoms with E-state index in [0.29, 0.717) is 12.8 Å². The Hall–Kier alpha value is -0.250. The van der Waals surface area contributed by atoms with Crippen molar-refractivity contribution in [3.63, 3.8) is 0 Å². The average molecular weight is 193 g/mol. The van der Waals surface area contributed by atoms with Crippen LogP contribution in [0.3, 0.4) is 0 Å². The summed E-state index contributed by atoms with van der Waals surface area (Å²) in [6.45, 7) is 0. The average Bonchev–Trinajstić information content (AvgIpc) is 2.60. The van der Waals surface area contributed by atoms with E-state index in [1.807, 2.05) is 0 Å². The maximum absolute atomic E-state index is 12.3. The molecule has 13 heavy (non-hydrogen) atoms. The van der Waals surface area contributed by atoms with E-state index in [0.717, 1.165) is 6.42 Å². The summed E-state index contributed by atoms with van der Waals surface area (Å²) in [7, 11) is 0. The summed E-state index contributed by atoms with van der Waals surface area (Å²) >= 11 is 0. The Bertz CT molecular complexity index is 203. The number of hydrogen-bond acceptors (Lipinski definition) is 1.